The van der Waals surface area contributed by atoms with Crippen LogP contribution in [0.2, 0.25) is 0 Å². The van der Waals surface area contributed by atoms with Crippen LogP contribution in [0, 0.1) is 0 Å². The molecular weight excluding hydrogens is 1550 g/mol. The normalized spacial score (nSPS) is 24.8. The molecule has 3 aliphatic rings. The Balaban J connectivity index is 1.90. The van der Waals surface area contributed by atoms with Gasteiger partial charge in [-0.2, -0.15) is 0 Å². The van der Waals surface area contributed by atoms with Crippen molar-refractivity contribution in [2.45, 2.75) is 530 Å². The molecular formula is C93H173O25P. The molecule has 0 spiro atoms. The summed E-state index contributed by atoms with van der Waals surface area (Å²) in [6, 6.07) is 0. The molecule has 10 N–H and O–H groups in total. The highest BCUT2D eigenvalue weighted by atomic mass is 31.2. The van der Waals surface area contributed by atoms with Gasteiger partial charge in [0.25, 0.3) is 0 Å². The molecule has 1 aliphatic carbocycles. The number of rotatable bonds is 79. The van der Waals surface area contributed by atoms with E-state index in [1.807, 2.05) is 0 Å². The van der Waals surface area contributed by atoms with E-state index in [0.29, 0.717) is 32.1 Å². The van der Waals surface area contributed by atoms with Crippen molar-refractivity contribution in [3.63, 3.8) is 0 Å². The first-order chi connectivity index (χ1) is 57.7. The zero-order valence-corrected chi connectivity index (χ0v) is 75.6. The third kappa shape index (κ3) is 52.2. The number of ether oxygens (including phenoxy) is 8. The second-order valence-corrected chi connectivity index (χ2v) is 36.0. The molecule has 18 atom stereocenters. The molecule has 119 heavy (non-hydrogen) atoms. The van der Waals surface area contributed by atoms with Crippen LogP contribution in [0.5, 0.6) is 0 Å². The minimum Gasteiger partial charge on any atom is -0.463 e. The van der Waals surface area contributed by atoms with E-state index in [1.165, 1.54) is 199 Å². The lowest BCUT2D eigenvalue weighted by Gasteiger charge is -2.50. The first kappa shape index (κ1) is 110. The van der Waals surface area contributed by atoms with Crippen LogP contribution in [-0.4, -0.2) is 205 Å². The molecule has 0 aromatic heterocycles. The summed E-state index contributed by atoms with van der Waals surface area (Å²) in [6.07, 6.45) is 31.8. The van der Waals surface area contributed by atoms with Crippen LogP contribution in [0.15, 0.2) is 12.2 Å². The monoisotopic (exact) mass is 1720 g/mol. The van der Waals surface area contributed by atoms with Crippen LogP contribution in [0.4, 0.5) is 0 Å². The lowest BCUT2D eigenvalue weighted by Crippen LogP contribution is -2.70. The molecule has 700 valence electrons. The Hall–Kier alpha value is -2.79. The SMILES string of the molecule is CCCCCC/C=C\CCCCCCCCCC(=O)OC1C(O)C(O)C(OC2OC(CO)C(O)C(O)C2O)C(OP(=O)(O)OCC(COC(=O)CCCCCCCCCCCCCCCCC)OC(=O)CCCCCCCCCCCCCCCCC)C1OC1OC(COC(=O)CCCCCCCCCCCCCCCCC)C(O)C(O)C1O. The van der Waals surface area contributed by atoms with E-state index in [9.17, 15) is 74.6 Å². The van der Waals surface area contributed by atoms with Gasteiger partial charge >= 0.3 is 31.7 Å². The van der Waals surface area contributed by atoms with Gasteiger partial charge in [-0.15, -0.1) is 0 Å². The van der Waals surface area contributed by atoms with Gasteiger partial charge in [-0.05, 0) is 51.4 Å². The van der Waals surface area contributed by atoms with Gasteiger partial charge in [0.15, 0.2) is 24.8 Å². The molecule has 0 amide bonds. The number of aliphatic hydroxyl groups is 9. The number of hydrogen-bond donors (Lipinski definition) is 10. The predicted molar refractivity (Wildman–Crippen MR) is 463 cm³/mol. The van der Waals surface area contributed by atoms with Gasteiger partial charge in [-0.3, -0.25) is 28.2 Å². The average molecular weight is 1720 g/mol. The highest BCUT2D eigenvalue weighted by molar-refractivity contribution is 7.47. The van der Waals surface area contributed by atoms with Crippen molar-refractivity contribution in [3.05, 3.63) is 12.2 Å². The average Bonchev–Trinajstić information content (AvgIpc) is 0.754. The van der Waals surface area contributed by atoms with Crippen molar-refractivity contribution in [2.75, 3.05) is 26.4 Å². The lowest BCUT2D eigenvalue weighted by molar-refractivity contribution is -0.360. The maximum atomic E-state index is 14.9. The first-order valence-electron chi connectivity index (χ1n) is 48.4. The van der Waals surface area contributed by atoms with Gasteiger partial charge in [-0.25, -0.2) is 4.57 Å². The van der Waals surface area contributed by atoms with Crippen LogP contribution in [0.1, 0.15) is 426 Å². The maximum Gasteiger partial charge on any atom is 0.472 e. The number of aliphatic hydroxyl groups excluding tert-OH is 9. The summed E-state index contributed by atoms with van der Waals surface area (Å²) in [7, 11) is -5.81. The summed E-state index contributed by atoms with van der Waals surface area (Å²) in [5.74, 6) is -2.95. The number of carbonyl (C=O) groups is 4. The second-order valence-electron chi connectivity index (χ2n) is 34.6. The van der Waals surface area contributed by atoms with Crippen molar-refractivity contribution < 1.29 is 122 Å². The van der Waals surface area contributed by atoms with Crippen molar-refractivity contribution in [1.82, 2.24) is 0 Å². The predicted octanol–water partition coefficient (Wildman–Crippen LogP) is 18.3. The van der Waals surface area contributed by atoms with Gasteiger partial charge in [-0.1, -0.05) is 361 Å². The Kier molecular flexibility index (Phi) is 67.0. The summed E-state index contributed by atoms with van der Waals surface area (Å²) >= 11 is 0. The number of phosphoric acid groups is 1. The minimum atomic E-state index is -5.81. The molecule has 18 unspecified atom stereocenters. The molecule has 1 saturated carbocycles. The number of esters is 4. The molecule has 2 saturated heterocycles. The Labute approximate surface area is 718 Å². The van der Waals surface area contributed by atoms with E-state index in [-0.39, 0.29) is 25.7 Å². The van der Waals surface area contributed by atoms with E-state index >= 15 is 0 Å². The molecule has 0 aromatic rings. The van der Waals surface area contributed by atoms with E-state index < -0.39 is 162 Å². The fourth-order valence-corrected chi connectivity index (χ4v) is 17.0. The molecule has 0 aromatic carbocycles. The number of unbranched alkanes of at least 4 members (excludes halogenated alkanes) is 53. The molecule has 0 bridgehead atoms. The van der Waals surface area contributed by atoms with Gasteiger partial charge in [0, 0.05) is 25.7 Å². The lowest BCUT2D eigenvalue weighted by atomic mass is 9.84. The summed E-state index contributed by atoms with van der Waals surface area (Å²) in [6.45, 7) is 5.63. The smallest absolute Gasteiger partial charge is 0.463 e. The van der Waals surface area contributed by atoms with Gasteiger partial charge in [0.1, 0.15) is 92.6 Å². The summed E-state index contributed by atoms with van der Waals surface area (Å²) in [5, 5.41) is 102. The van der Waals surface area contributed by atoms with Crippen LogP contribution in [0.3, 0.4) is 0 Å². The third-order valence-corrected chi connectivity index (χ3v) is 24.8. The van der Waals surface area contributed by atoms with Gasteiger partial charge in [0.2, 0.25) is 0 Å². The molecule has 0 radical (unpaired) electrons. The maximum absolute atomic E-state index is 14.9. The van der Waals surface area contributed by atoms with Crippen molar-refractivity contribution in [1.29, 1.82) is 0 Å². The second kappa shape index (κ2) is 72.3. The van der Waals surface area contributed by atoms with E-state index in [4.69, 9.17) is 46.9 Å². The van der Waals surface area contributed by atoms with E-state index in [1.54, 1.807) is 0 Å². The van der Waals surface area contributed by atoms with Crippen LogP contribution < -0.4 is 0 Å². The molecule has 2 aliphatic heterocycles. The standard InChI is InChI=1S/C93H173O25P/c1-5-9-13-17-21-25-29-33-37-41-45-49-53-57-61-65-76(95)109-70-73(112-78(97)67-63-59-55-51-47-43-39-35-31-27-23-19-15-11-7-3)71-111-119(107,108)118-91-89(116-92-86(105)82(101)80(99)74(69-94)113-92)85(104)84(103)88(115-79(98)68-64-60-56-52-48-44-40-36-32-28-24-20-16-12-8-4)90(91)117-93-87(106)83(102)81(100)75(114-93)72-110-77(96)66-62-58-54-50-46-42-38-34-30-26-22-18-14-10-6-2/h28,32,73-75,80-94,99-106H,5-27,29-31,33-72H2,1-4H3,(H,107,108)/b32-28-. The zero-order chi connectivity index (χ0) is 86.8. The Morgan fingerprint density at radius 3 is 1.01 bits per heavy atom. The largest absolute Gasteiger partial charge is 0.472 e. The Morgan fingerprint density at radius 2 is 0.630 bits per heavy atom. The van der Waals surface area contributed by atoms with E-state index in [0.717, 1.165) is 141 Å². The first-order valence-corrected chi connectivity index (χ1v) is 49.9. The molecule has 26 heteroatoms. The molecule has 3 fully saturated rings. The fourth-order valence-electron chi connectivity index (χ4n) is 16.1. The highest BCUT2D eigenvalue weighted by Gasteiger charge is 2.60. The van der Waals surface area contributed by atoms with Gasteiger partial charge in [0.05, 0.1) is 13.2 Å². The van der Waals surface area contributed by atoms with Crippen molar-refractivity contribution in [3.8, 4) is 0 Å². The molecule has 2 heterocycles. The Morgan fingerprint density at radius 1 is 0.328 bits per heavy atom. The summed E-state index contributed by atoms with van der Waals surface area (Å²) in [4.78, 5) is 66.5. The van der Waals surface area contributed by atoms with E-state index in [2.05, 4.69) is 39.8 Å². The highest BCUT2D eigenvalue weighted by Crippen LogP contribution is 2.49. The van der Waals surface area contributed by atoms with Crippen molar-refractivity contribution in [2.24, 2.45) is 0 Å². The topological polar surface area (TPSA) is 380 Å². The Bertz CT molecular complexity index is 2520. The molecule has 25 nitrogen and oxygen atoms in total. The summed E-state index contributed by atoms with van der Waals surface area (Å²) < 4.78 is 73.5. The zero-order valence-electron chi connectivity index (χ0n) is 74.7. The minimum absolute atomic E-state index is 0.0184. The van der Waals surface area contributed by atoms with Crippen LogP contribution >= 0.6 is 7.82 Å². The third-order valence-electron chi connectivity index (χ3n) is 23.8. The number of phosphoric ester groups is 1. The fraction of sp³-hybridized carbons (Fsp3) is 0.935. The number of hydrogen-bond acceptors (Lipinski definition) is 24. The van der Waals surface area contributed by atoms with Crippen LogP contribution in [-0.2, 0) is 70.7 Å². The molecule has 3 rings (SSSR count). The quantitative estimate of drug-likeness (QED) is 0.00889. The summed E-state index contributed by atoms with van der Waals surface area (Å²) in [5.41, 5.74) is 0. The van der Waals surface area contributed by atoms with Gasteiger partial charge < -0.3 is 88.7 Å². The van der Waals surface area contributed by atoms with Crippen molar-refractivity contribution >= 4 is 31.7 Å². The van der Waals surface area contributed by atoms with Crippen LogP contribution in [0.25, 0.3) is 0 Å². The number of allylic oxidation sites excluding steroid dienone is 2. The number of carbonyl (C=O) groups excluding carboxylic acids is 4.